The van der Waals surface area contributed by atoms with E-state index in [1.54, 1.807) is 0 Å². The smallest absolute Gasteiger partial charge is 0.228 e. The largest absolute Gasteiger partial charge is 0.349 e. The molecule has 0 saturated heterocycles. The zero-order chi connectivity index (χ0) is 15.7. The summed E-state index contributed by atoms with van der Waals surface area (Å²) in [5.41, 5.74) is 3.67. The quantitative estimate of drug-likeness (QED) is 0.940. The van der Waals surface area contributed by atoms with Gasteiger partial charge in [0, 0.05) is 12.0 Å². The van der Waals surface area contributed by atoms with Crippen LogP contribution in [0.25, 0.3) is 0 Å². The normalized spacial score (nSPS) is 17.9. The third-order valence-corrected chi connectivity index (χ3v) is 4.34. The number of nitrogens with one attached hydrogen (secondary N) is 1. The van der Waals surface area contributed by atoms with E-state index in [0.29, 0.717) is 5.56 Å². The molecule has 0 aromatic heterocycles. The van der Waals surface area contributed by atoms with E-state index < -0.39 is 0 Å². The maximum absolute atomic E-state index is 12.6. The van der Waals surface area contributed by atoms with Crippen molar-refractivity contribution in [2.24, 2.45) is 0 Å². The number of hydrogen-bond acceptors (Lipinski definition) is 2. The second kappa shape index (κ2) is 5.76. The predicted octanol–water partition coefficient (Wildman–Crippen LogP) is 3.54. The fourth-order valence-electron chi connectivity index (χ4n) is 3.15. The van der Waals surface area contributed by atoms with Crippen molar-refractivity contribution in [2.75, 3.05) is 0 Å². The van der Waals surface area contributed by atoms with E-state index in [-0.39, 0.29) is 30.1 Å². The van der Waals surface area contributed by atoms with Crippen molar-refractivity contribution in [2.45, 2.75) is 32.2 Å². The van der Waals surface area contributed by atoms with E-state index in [1.807, 2.05) is 62.4 Å². The van der Waals surface area contributed by atoms with E-state index >= 15 is 0 Å². The minimum Gasteiger partial charge on any atom is -0.349 e. The van der Waals surface area contributed by atoms with Gasteiger partial charge < -0.3 is 5.32 Å². The first-order valence-electron chi connectivity index (χ1n) is 7.56. The molecule has 1 aliphatic rings. The molecule has 2 aromatic rings. The summed E-state index contributed by atoms with van der Waals surface area (Å²) < 4.78 is 0. The van der Waals surface area contributed by atoms with Crippen molar-refractivity contribution in [3.8, 4) is 0 Å². The number of carbonyl (C=O) groups excluding carboxylic acids is 2. The molecule has 3 heteroatoms. The monoisotopic (exact) mass is 293 g/mol. The van der Waals surface area contributed by atoms with Gasteiger partial charge >= 0.3 is 0 Å². The van der Waals surface area contributed by atoms with Crippen LogP contribution in [0, 0.1) is 6.92 Å². The Morgan fingerprint density at radius 3 is 2.59 bits per heavy atom. The van der Waals surface area contributed by atoms with Gasteiger partial charge in [-0.25, -0.2) is 0 Å². The molecule has 0 spiro atoms. The highest BCUT2D eigenvalue weighted by Crippen LogP contribution is 2.35. The average Bonchev–Trinajstić information content (AvgIpc) is 2.87. The highest BCUT2D eigenvalue weighted by atomic mass is 16.2. The molecule has 1 N–H and O–H groups in total. The zero-order valence-electron chi connectivity index (χ0n) is 12.8. The lowest BCUT2D eigenvalue weighted by Gasteiger charge is -2.18. The van der Waals surface area contributed by atoms with Gasteiger partial charge in [-0.2, -0.15) is 0 Å². The number of rotatable bonds is 3. The summed E-state index contributed by atoms with van der Waals surface area (Å²) in [5.74, 6) is -0.376. The van der Waals surface area contributed by atoms with Crippen molar-refractivity contribution < 1.29 is 9.59 Å². The van der Waals surface area contributed by atoms with Crippen LogP contribution >= 0.6 is 0 Å². The molecule has 2 unspecified atom stereocenters. The molecule has 1 amide bonds. The molecule has 0 heterocycles. The lowest BCUT2D eigenvalue weighted by molar-refractivity contribution is -0.123. The third kappa shape index (κ3) is 2.54. The Hall–Kier alpha value is -2.42. The summed E-state index contributed by atoms with van der Waals surface area (Å²) in [6.07, 6.45) is 0.271. The van der Waals surface area contributed by atoms with Crippen LogP contribution in [0.4, 0.5) is 0 Å². The van der Waals surface area contributed by atoms with Gasteiger partial charge in [0.25, 0.3) is 0 Å². The van der Waals surface area contributed by atoms with E-state index in [2.05, 4.69) is 5.32 Å². The Morgan fingerprint density at radius 2 is 1.86 bits per heavy atom. The number of benzene rings is 2. The van der Waals surface area contributed by atoms with Crippen LogP contribution in [0.1, 0.15) is 52.4 Å². The number of amides is 1. The minimum atomic E-state index is -0.366. The van der Waals surface area contributed by atoms with Gasteiger partial charge in [-0.15, -0.1) is 0 Å². The number of carbonyl (C=O) groups is 2. The molecule has 22 heavy (non-hydrogen) atoms. The minimum absolute atomic E-state index is 0.0613. The molecule has 112 valence electrons. The maximum atomic E-state index is 12.6. The van der Waals surface area contributed by atoms with Crippen molar-refractivity contribution in [3.05, 3.63) is 70.8 Å². The Balaban J connectivity index is 1.82. The highest BCUT2D eigenvalue weighted by molar-refractivity contribution is 6.07. The molecule has 2 aromatic carbocycles. The fraction of sp³-hybridized carbons (Fsp3) is 0.263. The molecular weight excluding hydrogens is 274 g/mol. The molecular formula is C19H19NO2. The second-order valence-electron chi connectivity index (χ2n) is 5.86. The topological polar surface area (TPSA) is 46.2 Å². The van der Waals surface area contributed by atoms with Gasteiger partial charge in [-0.3, -0.25) is 9.59 Å². The van der Waals surface area contributed by atoms with Crippen LogP contribution in [0.5, 0.6) is 0 Å². The average molecular weight is 293 g/mol. The summed E-state index contributed by atoms with van der Waals surface area (Å²) in [7, 11) is 0. The third-order valence-electron chi connectivity index (χ3n) is 4.34. The molecule has 3 rings (SSSR count). The maximum Gasteiger partial charge on any atom is 0.228 e. The van der Waals surface area contributed by atoms with Crippen LogP contribution < -0.4 is 5.32 Å². The SMILES string of the molecule is Cc1cccc2c1C(C(=O)NC(C)c1ccccc1)CC2=O. The lowest BCUT2D eigenvalue weighted by atomic mass is 9.95. The number of hydrogen-bond donors (Lipinski definition) is 1. The van der Waals surface area contributed by atoms with Crippen molar-refractivity contribution in [3.63, 3.8) is 0 Å². The molecule has 3 nitrogen and oxygen atoms in total. The van der Waals surface area contributed by atoms with Gasteiger partial charge in [-0.1, -0.05) is 48.5 Å². The molecule has 0 saturated carbocycles. The van der Waals surface area contributed by atoms with Gasteiger partial charge in [0.05, 0.1) is 12.0 Å². The Bertz CT molecular complexity index is 721. The van der Waals surface area contributed by atoms with Crippen molar-refractivity contribution in [1.82, 2.24) is 5.32 Å². The molecule has 0 radical (unpaired) electrons. The number of aryl methyl sites for hydroxylation is 1. The fourth-order valence-corrected chi connectivity index (χ4v) is 3.15. The van der Waals surface area contributed by atoms with Crippen LogP contribution in [-0.2, 0) is 4.79 Å². The number of fused-ring (bicyclic) bond motifs is 1. The standard InChI is InChI=1S/C19H19NO2/c1-12-7-6-10-15-17(21)11-16(18(12)15)19(22)20-13(2)14-8-4-3-5-9-14/h3-10,13,16H,11H2,1-2H3,(H,20,22). The highest BCUT2D eigenvalue weighted by Gasteiger charge is 2.35. The van der Waals surface area contributed by atoms with Crippen LogP contribution in [0.2, 0.25) is 0 Å². The van der Waals surface area contributed by atoms with Crippen LogP contribution in [0.3, 0.4) is 0 Å². The molecule has 0 aliphatic heterocycles. The van der Waals surface area contributed by atoms with Crippen LogP contribution in [-0.4, -0.2) is 11.7 Å². The zero-order valence-corrected chi connectivity index (χ0v) is 12.8. The van der Waals surface area contributed by atoms with E-state index in [1.165, 1.54) is 0 Å². The van der Waals surface area contributed by atoms with E-state index in [4.69, 9.17) is 0 Å². The lowest BCUT2D eigenvalue weighted by Crippen LogP contribution is -2.31. The van der Waals surface area contributed by atoms with Gasteiger partial charge in [0.15, 0.2) is 5.78 Å². The number of ketones is 1. The Labute approximate surface area is 130 Å². The summed E-state index contributed by atoms with van der Waals surface area (Å²) >= 11 is 0. The summed E-state index contributed by atoms with van der Waals surface area (Å²) in [6.45, 7) is 3.92. The van der Waals surface area contributed by atoms with Gasteiger partial charge in [0.1, 0.15) is 0 Å². The number of Topliss-reactive ketones (excluding diaryl/α,β-unsaturated/α-hetero) is 1. The molecule has 1 aliphatic carbocycles. The first-order valence-corrected chi connectivity index (χ1v) is 7.56. The van der Waals surface area contributed by atoms with Crippen molar-refractivity contribution >= 4 is 11.7 Å². The Kier molecular flexibility index (Phi) is 3.80. The van der Waals surface area contributed by atoms with Gasteiger partial charge in [-0.05, 0) is 30.5 Å². The molecule has 0 fully saturated rings. The van der Waals surface area contributed by atoms with Crippen molar-refractivity contribution in [1.29, 1.82) is 0 Å². The summed E-state index contributed by atoms with van der Waals surface area (Å²) in [5, 5.41) is 3.04. The molecule has 0 bridgehead atoms. The van der Waals surface area contributed by atoms with E-state index in [9.17, 15) is 9.59 Å². The second-order valence-corrected chi connectivity index (χ2v) is 5.86. The molecule has 2 atom stereocenters. The van der Waals surface area contributed by atoms with Crippen LogP contribution in [0.15, 0.2) is 48.5 Å². The van der Waals surface area contributed by atoms with E-state index in [0.717, 1.165) is 16.7 Å². The summed E-state index contributed by atoms with van der Waals surface area (Å²) in [4.78, 5) is 24.7. The first kappa shape index (κ1) is 14.5. The van der Waals surface area contributed by atoms with Gasteiger partial charge in [0.2, 0.25) is 5.91 Å². The first-order chi connectivity index (χ1) is 10.6. The predicted molar refractivity (Wildman–Crippen MR) is 85.9 cm³/mol. The Morgan fingerprint density at radius 1 is 1.14 bits per heavy atom. The summed E-state index contributed by atoms with van der Waals surface area (Å²) in [6, 6.07) is 15.4.